The van der Waals surface area contributed by atoms with E-state index in [0.29, 0.717) is 5.56 Å². The minimum absolute atomic E-state index is 0.196. The van der Waals surface area contributed by atoms with E-state index in [2.05, 4.69) is 10.3 Å². The summed E-state index contributed by atoms with van der Waals surface area (Å²) in [6.45, 7) is 1.88. The van der Waals surface area contributed by atoms with Crippen LogP contribution in [0.1, 0.15) is 17.3 Å². The van der Waals surface area contributed by atoms with Gasteiger partial charge in [0.2, 0.25) is 0 Å². The lowest BCUT2D eigenvalue weighted by molar-refractivity contribution is 0.0924. The Kier molecular flexibility index (Phi) is 3.10. The van der Waals surface area contributed by atoms with Crippen LogP contribution < -0.4 is 5.32 Å². The molecule has 1 unspecified atom stereocenters. The minimum atomic E-state index is -0.544. The monoisotopic (exact) mass is 233 g/mol. The Morgan fingerprint density at radius 2 is 2.35 bits per heavy atom. The number of fused-ring (bicyclic) bond motifs is 1. The Labute approximate surface area is 99.1 Å². The molecule has 5 nitrogen and oxygen atoms in total. The molecule has 2 N–H and O–H groups in total. The second-order valence-electron chi connectivity index (χ2n) is 4.12. The van der Waals surface area contributed by atoms with Gasteiger partial charge in [0.15, 0.2) is 0 Å². The summed E-state index contributed by atoms with van der Waals surface area (Å²) in [5.41, 5.74) is 2.33. The zero-order valence-electron chi connectivity index (χ0n) is 9.84. The molecule has 0 aliphatic rings. The highest BCUT2D eigenvalue weighted by Crippen LogP contribution is 2.13. The maximum atomic E-state index is 11.7. The lowest BCUT2D eigenvalue weighted by atomic mass is 10.2. The topological polar surface area (TPSA) is 67.2 Å². The normalized spacial score (nSPS) is 12.6. The third kappa shape index (κ3) is 2.45. The number of nitrogens with one attached hydrogen (secondary N) is 1. The predicted octanol–water partition coefficient (Wildman–Crippen LogP) is 0.684. The van der Waals surface area contributed by atoms with Gasteiger partial charge in [-0.3, -0.25) is 4.79 Å². The number of nitrogens with zero attached hydrogens (tertiary/aromatic N) is 2. The van der Waals surface area contributed by atoms with E-state index in [4.69, 9.17) is 5.11 Å². The van der Waals surface area contributed by atoms with E-state index >= 15 is 0 Å². The second kappa shape index (κ2) is 4.55. The van der Waals surface area contributed by atoms with Crippen LogP contribution in [0.4, 0.5) is 0 Å². The Balaban J connectivity index is 2.21. The van der Waals surface area contributed by atoms with Gasteiger partial charge < -0.3 is 15.0 Å². The number of aryl methyl sites for hydroxylation is 1. The quantitative estimate of drug-likeness (QED) is 0.819. The van der Waals surface area contributed by atoms with Crippen LogP contribution in [0.2, 0.25) is 0 Å². The molecule has 1 heterocycles. The van der Waals surface area contributed by atoms with E-state index in [9.17, 15) is 4.79 Å². The molecule has 90 valence electrons. The number of aliphatic hydroxyl groups is 1. The summed E-state index contributed by atoms with van der Waals surface area (Å²) < 4.78 is 1.90. The van der Waals surface area contributed by atoms with Crippen molar-refractivity contribution >= 4 is 16.9 Å². The number of aromatic nitrogens is 2. The van der Waals surface area contributed by atoms with Crippen molar-refractivity contribution in [3.05, 3.63) is 30.1 Å². The zero-order chi connectivity index (χ0) is 12.4. The van der Waals surface area contributed by atoms with E-state index in [0.717, 1.165) is 11.0 Å². The van der Waals surface area contributed by atoms with Crippen LogP contribution in [0.5, 0.6) is 0 Å². The van der Waals surface area contributed by atoms with Crippen LogP contribution in [-0.4, -0.2) is 33.2 Å². The summed E-state index contributed by atoms with van der Waals surface area (Å²) in [4.78, 5) is 15.9. The SMILES string of the molecule is CC(O)CNC(=O)c1ccc2c(c1)ncn2C. The Morgan fingerprint density at radius 1 is 1.59 bits per heavy atom. The summed E-state index contributed by atoms with van der Waals surface area (Å²) in [7, 11) is 1.91. The van der Waals surface area contributed by atoms with Gasteiger partial charge >= 0.3 is 0 Å². The molecular formula is C12H15N3O2. The van der Waals surface area contributed by atoms with Crippen LogP contribution in [0.15, 0.2) is 24.5 Å². The molecule has 1 aromatic carbocycles. The summed E-state index contributed by atoms with van der Waals surface area (Å²) in [5, 5.41) is 11.7. The lowest BCUT2D eigenvalue weighted by Gasteiger charge is -2.07. The second-order valence-corrected chi connectivity index (χ2v) is 4.12. The van der Waals surface area contributed by atoms with Gasteiger partial charge in [-0.25, -0.2) is 4.98 Å². The van der Waals surface area contributed by atoms with Gasteiger partial charge in [0, 0.05) is 19.2 Å². The number of hydrogen-bond donors (Lipinski definition) is 2. The number of carbonyl (C=O) groups excluding carboxylic acids is 1. The van der Waals surface area contributed by atoms with Crippen LogP contribution >= 0.6 is 0 Å². The standard InChI is InChI=1S/C12H15N3O2/c1-8(16)6-13-12(17)9-3-4-11-10(5-9)14-7-15(11)2/h3-5,7-8,16H,6H2,1-2H3,(H,13,17). The molecule has 2 rings (SSSR count). The molecule has 0 aliphatic carbocycles. The molecule has 0 spiro atoms. The molecule has 1 aromatic heterocycles. The molecule has 0 radical (unpaired) electrons. The first-order valence-corrected chi connectivity index (χ1v) is 5.45. The molecule has 0 saturated heterocycles. The summed E-state index contributed by atoms with van der Waals surface area (Å²) in [6.07, 6.45) is 1.17. The van der Waals surface area contributed by atoms with Crippen molar-refractivity contribution in [2.45, 2.75) is 13.0 Å². The van der Waals surface area contributed by atoms with E-state index in [1.54, 1.807) is 25.4 Å². The Bertz CT molecular complexity index is 546. The number of benzene rings is 1. The first kappa shape index (κ1) is 11.6. The van der Waals surface area contributed by atoms with Crippen molar-refractivity contribution in [2.24, 2.45) is 7.05 Å². The fraction of sp³-hybridized carbons (Fsp3) is 0.333. The van der Waals surface area contributed by atoms with Gasteiger partial charge in [-0.15, -0.1) is 0 Å². The number of imidazole rings is 1. The largest absolute Gasteiger partial charge is 0.392 e. The van der Waals surface area contributed by atoms with Gasteiger partial charge in [-0.2, -0.15) is 0 Å². The minimum Gasteiger partial charge on any atom is -0.392 e. The van der Waals surface area contributed by atoms with Crippen molar-refractivity contribution in [2.75, 3.05) is 6.54 Å². The highest BCUT2D eigenvalue weighted by atomic mass is 16.3. The third-order valence-electron chi connectivity index (χ3n) is 2.55. The molecule has 2 aromatic rings. The molecule has 1 amide bonds. The fourth-order valence-electron chi connectivity index (χ4n) is 1.62. The maximum Gasteiger partial charge on any atom is 0.251 e. The van der Waals surface area contributed by atoms with E-state index in [1.807, 2.05) is 17.7 Å². The van der Waals surface area contributed by atoms with Crippen molar-refractivity contribution < 1.29 is 9.90 Å². The fourth-order valence-corrected chi connectivity index (χ4v) is 1.62. The predicted molar refractivity (Wildman–Crippen MR) is 64.7 cm³/mol. The molecule has 0 fully saturated rings. The van der Waals surface area contributed by atoms with Crippen molar-refractivity contribution in [3.63, 3.8) is 0 Å². The first-order valence-electron chi connectivity index (χ1n) is 5.45. The van der Waals surface area contributed by atoms with E-state index in [-0.39, 0.29) is 12.5 Å². The van der Waals surface area contributed by atoms with Gasteiger partial charge in [0.25, 0.3) is 5.91 Å². The number of aliphatic hydroxyl groups excluding tert-OH is 1. The molecule has 0 bridgehead atoms. The third-order valence-corrected chi connectivity index (χ3v) is 2.55. The molecule has 0 saturated carbocycles. The molecule has 1 atom stereocenters. The van der Waals surface area contributed by atoms with Gasteiger partial charge in [0.1, 0.15) is 0 Å². The van der Waals surface area contributed by atoms with E-state index in [1.165, 1.54) is 0 Å². The van der Waals surface area contributed by atoms with Crippen LogP contribution in [0, 0.1) is 0 Å². The van der Waals surface area contributed by atoms with E-state index < -0.39 is 6.10 Å². The lowest BCUT2D eigenvalue weighted by Crippen LogP contribution is -2.30. The molecule has 17 heavy (non-hydrogen) atoms. The van der Waals surface area contributed by atoms with Crippen molar-refractivity contribution in [1.82, 2.24) is 14.9 Å². The Hall–Kier alpha value is -1.88. The highest BCUT2D eigenvalue weighted by Gasteiger charge is 2.08. The van der Waals surface area contributed by atoms with Gasteiger partial charge in [-0.05, 0) is 25.1 Å². The van der Waals surface area contributed by atoms with Gasteiger partial charge in [-0.1, -0.05) is 0 Å². The highest BCUT2D eigenvalue weighted by molar-refractivity contribution is 5.97. The van der Waals surface area contributed by atoms with Gasteiger partial charge in [0.05, 0.1) is 23.5 Å². The summed E-state index contributed by atoms with van der Waals surface area (Å²) >= 11 is 0. The van der Waals surface area contributed by atoms with Crippen LogP contribution in [-0.2, 0) is 7.05 Å². The van der Waals surface area contributed by atoms with Crippen molar-refractivity contribution in [3.8, 4) is 0 Å². The van der Waals surface area contributed by atoms with Crippen molar-refractivity contribution in [1.29, 1.82) is 0 Å². The number of amides is 1. The Morgan fingerprint density at radius 3 is 3.06 bits per heavy atom. The summed E-state index contributed by atoms with van der Waals surface area (Å²) in [5.74, 6) is -0.196. The summed E-state index contributed by atoms with van der Waals surface area (Å²) in [6, 6.07) is 5.35. The number of hydrogen-bond acceptors (Lipinski definition) is 3. The van der Waals surface area contributed by atoms with Crippen LogP contribution in [0.25, 0.3) is 11.0 Å². The number of carbonyl (C=O) groups is 1. The average molecular weight is 233 g/mol. The number of rotatable bonds is 3. The average Bonchev–Trinajstić information content (AvgIpc) is 2.67. The van der Waals surface area contributed by atoms with Crippen LogP contribution in [0.3, 0.4) is 0 Å². The smallest absolute Gasteiger partial charge is 0.251 e. The maximum absolute atomic E-state index is 11.7. The molecule has 5 heteroatoms. The molecular weight excluding hydrogens is 218 g/mol. The zero-order valence-corrected chi connectivity index (χ0v) is 9.84. The molecule has 0 aliphatic heterocycles. The first-order chi connectivity index (χ1) is 8.08.